The van der Waals surface area contributed by atoms with E-state index in [1.165, 1.54) is 24.8 Å². The predicted octanol–water partition coefficient (Wildman–Crippen LogP) is 3.03. The fraction of sp³-hybridized carbons (Fsp3) is 0.467. The van der Waals surface area contributed by atoms with Crippen LogP contribution in [0, 0.1) is 12.8 Å². The van der Waals surface area contributed by atoms with Gasteiger partial charge >= 0.3 is 0 Å². The molecule has 3 heteroatoms. The third-order valence-electron chi connectivity index (χ3n) is 3.41. The van der Waals surface area contributed by atoms with Crippen LogP contribution in [-0.2, 0) is 4.79 Å². The van der Waals surface area contributed by atoms with Crippen molar-refractivity contribution in [3.8, 4) is 0 Å². The standard InChI is InChI=1S/C15H20N2O/c1-12-6-5-7-13(10-12)11-16-17-15(18)14-8-3-2-4-9-14/h5-7,10-11,14H,2-4,8-9H2,1H3,(H,17,18)/b16-11+. The molecule has 0 heterocycles. The zero-order valence-corrected chi connectivity index (χ0v) is 10.9. The number of benzene rings is 1. The van der Waals surface area contributed by atoms with E-state index < -0.39 is 0 Å². The van der Waals surface area contributed by atoms with E-state index in [-0.39, 0.29) is 11.8 Å². The maximum Gasteiger partial charge on any atom is 0.243 e. The smallest absolute Gasteiger partial charge is 0.243 e. The molecule has 1 aromatic rings. The zero-order valence-electron chi connectivity index (χ0n) is 10.9. The summed E-state index contributed by atoms with van der Waals surface area (Å²) in [5, 5.41) is 4.03. The molecule has 2 rings (SSSR count). The Labute approximate surface area is 108 Å². The van der Waals surface area contributed by atoms with Gasteiger partial charge in [-0.05, 0) is 25.3 Å². The van der Waals surface area contributed by atoms with Crippen molar-refractivity contribution in [1.29, 1.82) is 0 Å². The molecule has 1 aliphatic carbocycles. The topological polar surface area (TPSA) is 41.5 Å². The van der Waals surface area contributed by atoms with E-state index in [1.54, 1.807) is 6.21 Å². The quantitative estimate of drug-likeness (QED) is 0.644. The Hall–Kier alpha value is -1.64. The molecule has 1 N–H and O–H groups in total. The SMILES string of the molecule is Cc1cccc(/C=N/NC(=O)C2CCCCC2)c1. The van der Waals surface area contributed by atoms with Gasteiger partial charge in [0.1, 0.15) is 0 Å². The molecule has 1 aliphatic rings. The molecule has 3 nitrogen and oxygen atoms in total. The number of hydrogen-bond acceptors (Lipinski definition) is 2. The van der Waals surface area contributed by atoms with E-state index in [2.05, 4.69) is 10.5 Å². The minimum absolute atomic E-state index is 0.0682. The highest BCUT2D eigenvalue weighted by Crippen LogP contribution is 2.23. The van der Waals surface area contributed by atoms with Gasteiger partial charge in [-0.25, -0.2) is 5.43 Å². The number of carbonyl (C=O) groups excluding carboxylic acids is 1. The van der Waals surface area contributed by atoms with Gasteiger partial charge in [0.25, 0.3) is 0 Å². The molecule has 0 aromatic heterocycles. The van der Waals surface area contributed by atoms with Gasteiger partial charge in [-0.1, -0.05) is 49.1 Å². The van der Waals surface area contributed by atoms with Crippen molar-refractivity contribution in [2.75, 3.05) is 0 Å². The molecule has 1 fully saturated rings. The number of nitrogens with one attached hydrogen (secondary N) is 1. The minimum Gasteiger partial charge on any atom is -0.273 e. The second-order valence-corrected chi connectivity index (χ2v) is 4.98. The monoisotopic (exact) mass is 244 g/mol. The molecule has 18 heavy (non-hydrogen) atoms. The van der Waals surface area contributed by atoms with Gasteiger partial charge in [-0.2, -0.15) is 5.10 Å². The van der Waals surface area contributed by atoms with Crippen LogP contribution in [0.25, 0.3) is 0 Å². The second kappa shape index (κ2) is 6.34. The maximum absolute atomic E-state index is 11.8. The molecule has 0 aliphatic heterocycles. The summed E-state index contributed by atoms with van der Waals surface area (Å²) >= 11 is 0. The number of carbonyl (C=O) groups is 1. The first-order chi connectivity index (χ1) is 8.75. The summed E-state index contributed by atoms with van der Waals surface area (Å²) in [6, 6.07) is 8.04. The maximum atomic E-state index is 11.8. The number of hydrogen-bond donors (Lipinski definition) is 1. The van der Waals surface area contributed by atoms with Crippen LogP contribution in [-0.4, -0.2) is 12.1 Å². The third-order valence-corrected chi connectivity index (χ3v) is 3.41. The lowest BCUT2D eigenvalue weighted by Crippen LogP contribution is -2.28. The van der Waals surface area contributed by atoms with Gasteiger partial charge in [0.2, 0.25) is 5.91 Å². The zero-order chi connectivity index (χ0) is 12.8. The molecule has 0 spiro atoms. The highest BCUT2D eigenvalue weighted by Gasteiger charge is 2.20. The van der Waals surface area contributed by atoms with Crippen LogP contribution in [0.15, 0.2) is 29.4 Å². The van der Waals surface area contributed by atoms with Gasteiger partial charge in [-0.3, -0.25) is 4.79 Å². The first-order valence-corrected chi connectivity index (χ1v) is 6.65. The lowest BCUT2D eigenvalue weighted by molar-refractivity contribution is -0.125. The van der Waals surface area contributed by atoms with Crippen molar-refractivity contribution in [2.45, 2.75) is 39.0 Å². The first-order valence-electron chi connectivity index (χ1n) is 6.65. The Bertz CT molecular complexity index is 434. The summed E-state index contributed by atoms with van der Waals surface area (Å²) in [5.41, 5.74) is 4.86. The van der Waals surface area contributed by atoms with Crippen molar-refractivity contribution in [3.05, 3.63) is 35.4 Å². The Balaban J connectivity index is 1.85. The number of amides is 1. The molecule has 1 aromatic carbocycles. The third kappa shape index (κ3) is 3.69. The van der Waals surface area contributed by atoms with Crippen molar-refractivity contribution in [3.63, 3.8) is 0 Å². The lowest BCUT2D eigenvalue weighted by atomic mass is 9.89. The number of hydrazone groups is 1. The summed E-state index contributed by atoms with van der Waals surface area (Å²) in [6.45, 7) is 2.04. The summed E-state index contributed by atoms with van der Waals surface area (Å²) < 4.78 is 0. The summed E-state index contributed by atoms with van der Waals surface area (Å²) in [5.74, 6) is 0.229. The summed E-state index contributed by atoms with van der Waals surface area (Å²) in [4.78, 5) is 11.8. The summed E-state index contributed by atoms with van der Waals surface area (Å²) in [6.07, 6.45) is 7.31. The van der Waals surface area contributed by atoms with E-state index in [0.717, 1.165) is 18.4 Å². The van der Waals surface area contributed by atoms with Crippen LogP contribution in [0.4, 0.5) is 0 Å². The van der Waals surface area contributed by atoms with Crippen molar-refractivity contribution < 1.29 is 4.79 Å². The first kappa shape index (κ1) is 12.8. The molecule has 0 saturated heterocycles. The largest absolute Gasteiger partial charge is 0.273 e. The summed E-state index contributed by atoms with van der Waals surface area (Å²) in [7, 11) is 0. The molecular formula is C15H20N2O. The molecule has 1 amide bonds. The van der Waals surface area contributed by atoms with Gasteiger partial charge in [0, 0.05) is 5.92 Å². The van der Waals surface area contributed by atoms with Crippen LogP contribution in [0.1, 0.15) is 43.2 Å². The number of aryl methyl sites for hydroxylation is 1. The molecule has 0 unspecified atom stereocenters. The normalized spacial score (nSPS) is 16.9. The van der Waals surface area contributed by atoms with Crippen LogP contribution >= 0.6 is 0 Å². The highest BCUT2D eigenvalue weighted by molar-refractivity contribution is 5.83. The fourth-order valence-corrected chi connectivity index (χ4v) is 2.38. The van der Waals surface area contributed by atoms with Gasteiger partial charge in [0.05, 0.1) is 6.21 Å². The number of nitrogens with zero attached hydrogens (tertiary/aromatic N) is 1. The Morgan fingerprint density at radius 2 is 2.11 bits per heavy atom. The van der Waals surface area contributed by atoms with E-state index in [1.807, 2.05) is 31.2 Å². The minimum atomic E-state index is 0.0682. The average molecular weight is 244 g/mol. The Morgan fingerprint density at radius 1 is 1.33 bits per heavy atom. The highest BCUT2D eigenvalue weighted by atomic mass is 16.2. The average Bonchev–Trinajstić information content (AvgIpc) is 2.40. The molecule has 96 valence electrons. The Morgan fingerprint density at radius 3 is 2.83 bits per heavy atom. The van der Waals surface area contributed by atoms with Gasteiger partial charge in [-0.15, -0.1) is 0 Å². The van der Waals surface area contributed by atoms with Crippen molar-refractivity contribution in [2.24, 2.45) is 11.0 Å². The van der Waals surface area contributed by atoms with Crippen molar-refractivity contribution in [1.82, 2.24) is 5.43 Å². The van der Waals surface area contributed by atoms with E-state index >= 15 is 0 Å². The lowest BCUT2D eigenvalue weighted by Gasteiger charge is -2.19. The molecule has 0 radical (unpaired) electrons. The molecule has 1 saturated carbocycles. The van der Waals surface area contributed by atoms with Crippen molar-refractivity contribution >= 4 is 12.1 Å². The predicted molar refractivity (Wildman–Crippen MR) is 73.5 cm³/mol. The van der Waals surface area contributed by atoms with E-state index in [0.29, 0.717) is 0 Å². The van der Waals surface area contributed by atoms with Gasteiger partial charge < -0.3 is 0 Å². The molecular weight excluding hydrogens is 224 g/mol. The van der Waals surface area contributed by atoms with Crippen LogP contribution in [0.2, 0.25) is 0 Å². The Kier molecular flexibility index (Phi) is 4.51. The fourth-order valence-electron chi connectivity index (χ4n) is 2.38. The van der Waals surface area contributed by atoms with Crippen LogP contribution in [0.5, 0.6) is 0 Å². The van der Waals surface area contributed by atoms with E-state index in [9.17, 15) is 4.79 Å². The van der Waals surface area contributed by atoms with Gasteiger partial charge in [0.15, 0.2) is 0 Å². The molecule has 0 bridgehead atoms. The van der Waals surface area contributed by atoms with Crippen LogP contribution < -0.4 is 5.43 Å². The second-order valence-electron chi connectivity index (χ2n) is 4.98. The van der Waals surface area contributed by atoms with Crippen LogP contribution in [0.3, 0.4) is 0 Å². The number of rotatable bonds is 3. The molecule has 0 atom stereocenters. The van der Waals surface area contributed by atoms with E-state index in [4.69, 9.17) is 0 Å².